The normalized spacial score (nSPS) is 11.5. The lowest BCUT2D eigenvalue weighted by molar-refractivity contribution is -0.726. The van der Waals surface area contributed by atoms with Gasteiger partial charge in [-0.2, -0.15) is 40.9 Å². The summed E-state index contributed by atoms with van der Waals surface area (Å²) in [4.78, 5) is 0. The van der Waals surface area contributed by atoms with Gasteiger partial charge in [0.25, 0.3) is 0 Å². The summed E-state index contributed by atoms with van der Waals surface area (Å²) in [6.45, 7) is 7.59. The minimum absolute atomic E-state index is 0.716. The van der Waals surface area contributed by atoms with Crippen LogP contribution in [0.3, 0.4) is 0 Å². The molecule has 0 amide bonds. The van der Waals surface area contributed by atoms with Crippen molar-refractivity contribution in [2.24, 2.45) is 40.9 Å². The number of rotatable bonds is 26. The molecule has 0 radical (unpaired) electrons. The summed E-state index contributed by atoms with van der Waals surface area (Å²) >= 11 is 0. The Bertz CT molecular complexity index is 3430. The summed E-state index contributed by atoms with van der Waals surface area (Å²) in [6, 6.07) is 46.3. The van der Waals surface area contributed by atoms with E-state index in [9.17, 15) is 0 Å². The van der Waals surface area contributed by atoms with Crippen LogP contribution in [0.5, 0.6) is 0 Å². The van der Waals surface area contributed by atoms with Crippen LogP contribution in [0.1, 0.15) is 25.7 Å². The molecule has 0 aliphatic heterocycles. The van der Waals surface area contributed by atoms with Gasteiger partial charge in [0.2, 0.25) is 12.7 Å². The molecule has 0 aliphatic rings. The smallest absolute Gasteiger partial charge is 0.243 e. The molecule has 0 atom stereocenters. The fraction of sp³-hybridized carbons (Fsp3) is 0.219. The van der Waals surface area contributed by atoms with Crippen molar-refractivity contribution in [3.63, 3.8) is 0 Å². The number of hydrogen-bond donors (Lipinski definition) is 4. The molecular formula is C64H74N20+6. The fourth-order valence-electron chi connectivity index (χ4n) is 8.74. The molecule has 6 aromatic heterocycles. The van der Waals surface area contributed by atoms with E-state index in [0.29, 0.717) is 11.4 Å². The van der Waals surface area contributed by atoms with Gasteiger partial charge < -0.3 is 22.1 Å². The highest BCUT2D eigenvalue weighted by molar-refractivity contribution is 5.52. The van der Waals surface area contributed by atoms with E-state index in [0.717, 1.165) is 135 Å². The molecule has 424 valence electrons. The zero-order chi connectivity index (χ0) is 58.0. The second-order valence-electron chi connectivity index (χ2n) is 19.9. The first-order valence-corrected chi connectivity index (χ1v) is 28.3. The SMILES string of the molecule is CNc1ccc(N=Nc2cc[n+](CCCn3cc[n+](CCC[n+]4ccc(N=Nc5ccc(NC)cc5)cc4)c3)cc2)cc1.Nc1ccc(N=Nc2cc[n+](CCCn3cc[n+](CCC[n+]4ccc(N=Nc5ccc(N)cc5)cc4)c3)cc2)cc1. The monoisotopic (exact) mass is 1120 g/mol. The molecular weight excluding hydrogens is 1050 g/mol. The topological polar surface area (TPSA) is 208 Å². The molecule has 6 N–H and O–H groups in total. The number of anilines is 4. The van der Waals surface area contributed by atoms with Gasteiger partial charge in [-0.05, 0) is 97.1 Å². The van der Waals surface area contributed by atoms with Crippen molar-refractivity contribution < 1.29 is 27.4 Å². The number of azo groups is 4. The van der Waals surface area contributed by atoms with E-state index in [2.05, 4.69) is 150 Å². The Labute approximate surface area is 490 Å². The van der Waals surface area contributed by atoms with Gasteiger partial charge in [0, 0.05) is 111 Å². The van der Waals surface area contributed by atoms with Gasteiger partial charge >= 0.3 is 0 Å². The van der Waals surface area contributed by atoms with E-state index >= 15 is 0 Å². The minimum Gasteiger partial charge on any atom is -0.399 e. The van der Waals surface area contributed by atoms with Gasteiger partial charge in [-0.15, -0.1) is 0 Å². The van der Waals surface area contributed by atoms with Crippen molar-refractivity contribution >= 4 is 68.2 Å². The van der Waals surface area contributed by atoms with E-state index in [-0.39, 0.29) is 0 Å². The zero-order valence-electron chi connectivity index (χ0n) is 47.7. The molecule has 20 nitrogen and oxygen atoms in total. The molecule has 0 fully saturated rings. The second-order valence-corrected chi connectivity index (χ2v) is 19.9. The molecule has 10 rings (SSSR count). The average Bonchev–Trinajstić information content (AvgIpc) is 4.25. The predicted octanol–water partition coefficient (Wildman–Crippen LogP) is 12.0. The molecule has 0 spiro atoms. The van der Waals surface area contributed by atoms with Gasteiger partial charge in [-0.1, -0.05) is 0 Å². The summed E-state index contributed by atoms with van der Waals surface area (Å²) < 4.78 is 17.7. The number of benzene rings is 4. The number of imidazole rings is 2. The highest BCUT2D eigenvalue weighted by Crippen LogP contribution is 2.23. The van der Waals surface area contributed by atoms with E-state index in [1.54, 1.807) is 0 Å². The molecule has 6 heterocycles. The van der Waals surface area contributed by atoms with Gasteiger partial charge in [0.05, 0.1) is 71.7 Å². The van der Waals surface area contributed by atoms with Crippen LogP contribution in [-0.2, 0) is 52.4 Å². The Morgan fingerprint density at radius 3 is 0.810 bits per heavy atom. The third-order valence-electron chi connectivity index (χ3n) is 13.5. The molecule has 20 heteroatoms. The second kappa shape index (κ2) is 30.9. The van der Waals surface area contributed by atoms with Crippen LogP contribution in [0.2, 0.25) is 0 Å². The van der Waals surface area contributed by atoms with Crippen LogP contribution in [0, 0.1) is 0 Å². The van der Waals surface area contributed by atoms with Crippen molar-refractivity contribution in [1.29, 1.82) is 0 Å². The summed E-state index contributed by atoms with van der Waals surface area (Å²) in [5.41, 5.74) is 21.5. The number of nitrogen functional groups attached to an aromatic ring is 2. The molecule has 10 aromatic rings. The maximum absolute atomic E-state index is 5.71. The van der Waals surface area contributed by atoms with Crippen molar-refractivity contribution in [2.45, 2.75) is 78.0 Å². The minimum atomic E-state index is 0.716. The zero-order valence-corrected chi connectivity index (χ0v) is 47.7. The number of aryl methyl sites for hydroxylation is 8. The number of nitrogens with zero attached hydrogens (tertiary/aromatic N) is 16. The van der Waals surface area contributed by atoms with E-state index in [1.165, 1.54) is 0 Å². The first-order chi connectivity index (χ1) is 41.2. The Morgan fingerprint density at radius 2 is 0.536 bits per heavy atom. The number of hydrogen-bond acceptors (Lipinski definition) is 12. The van der Waals surface area contributed by atoms with Crippen molar-refractivity contribution in [2.75, 3.05) is 36.2 Å². The Kier molecular flexibility index (Phi) is 21.4. The molecule has 4 aromatic carbocycles. The molecule has 0 aliphatic carbocycles. The number of nitrogens with two attached hydrogens (primary N) is 2. The van der Waals surface area contributed by atoms with Gasteiger partial charge in [0.15, 0.2) is 75.8 Å². The summed E-state index contributed by atoms with van der Waals surface area (Å²) in [5, 5.41) is 40.6. The predicted molar refractivity (Wildman–Crippen MR) is 325 cm³/mol. The molecule has 0 bridgehead atoms. The lowest BCUT2D eigenvalue weighted by Crippen LogP contribution is -2.37. The van der Waals surface area contributed by atoms with Gasteiger partial charge in [-0.25, -0.2) is 36.5 Å². The Morgan fingerprint density at radius 1 is 0.298 bits per heavy atom. The summed E-state index contributed by atoms with van der Waals surface area (Å²) in [5.74, 6) is 0. The Balaban J connectivity index is 0.000000202. The number of nitrogens with one attached hydrogen (secondary N) is 2. The van der Waals surface area contributed by atoms with E-state index < -0.39 is 0 Å². The van der Waals surface area contributed by atoms with Crippen molar-refractivity contribution in [1.82, 2.24) is 9.13 Å². The van der Waals surface area contributed by atoms with Crippen molar-refractivity contribution in [3.05, 3.63) is 233 Å². The van der Waals surface area contributed by atoms with Crippen LogP contribution in [-0.4, -0.2) is 23.2 Å². The van der Waals surface area contributed by atoms with Crippen LogP contribution in [0.25, 0.3) is 0 Å². The van der Waals surface area contributed by atoms with Crippen LogP contribution in [0.4, 0.5) is 68.2 Å². The molecule has 0 saturated heterocycles. The average molecular weight is 1120 g/mol. The first kappa shape index (κ1) is 58.2. The highest BCUT2D eigenvalue weighted by Gasteiger charge is 2.11. The fourth-order valence-corrected chi connectivity index (χ4v) is 8.74. The van der Waals surface area contributed by atoms with Crippen molar-refractivity contribution in [3.8, 4) is 0 Å². The molecule has 0 saturated carbocycles. The van der Waals surface area contributed by atoms with E-state index in [1.807, 2.05) is 184 Å². The van der Waals surface area contributed by atoms with E-state index in [4.69, 9.17) is 11.5 Å². The lowest BCUT2D eigenvalue weighted by Gasteiger charge is -1.99. The summed E-state index contributed by atoms with van der Waals surface area (Å²) in [7, 11) is 3.80. The molecule has 0 unspecified atom stereocenters. The first-order valence-electron chi connectivity index (χ1n) is 28.3. The van der Waals surface area contributed by atoms with Crippen LogP contribution in [0.15, 0.2) is 274 Å². The van der Waals surface area contributed by atoms with Gasteiger partial charge in [-0.3, -0.25) is 0 Å². The third-order valence-corrected chi connectivity index (χ3v) is 13.5. The third kappa shape index (κ3) is 19.4. The number of aromatic nitrogens is 8. The highest BCUT2D eigenvalue weighted by atomic mass is 15.1. The van der Waals surface area contributed by atoms with Crippen LogP contribution < -0.4 is 49.5 Å². The standard InChI is InChI=1S/C33H37N10.C31H33N10/c1-34-28-5-9-30(10-6-28)36-38-32-13-21-40(22-14-32)17-3-19-42-25-26-43(27-42)20-4-18-41-23-15-33(16-24-41)39-37-31-11-7-29(35-2)8-12-31;32-26-3-7-28(8-4-26)34-36-30-11-19-38(20-12-30)15-1-17-40-23-24-41(25-40)18-2-16-39-21-13-31(14-22-39)37-35-29-9-5-27(33)6-10-29/h5-16,21-27H,3-4,17-20H2,1-2H3;3-14,19-25,32-33H,1-2,15-18H2/q2*+1/p+4. The Hall–Kier alpha value is -10.5. The largest absolute Gasteiger partial charge is 0.399 e. The quantitative estimate of drug-likeness (QED) is 0.0237. The number of pyridine rings is 4. The van der Waals surface area contributed by atoms with Crippen LogP contribution >= 0.6 is 0 Å². The molecule has 84 heavy (non-hydrogen) atoms. The maximum Gasteiger partial charge on any atom is 0.243 e. The summed E-state index contributed by atoms with van der Waals surface area (Å²) in [6.07, 6.45) is 33.5. The maximum atomic E-state index is 5.71. The van der Waals surface area contributed by atoms with Gasteiger partial charge in [0.1, 0.15) is 24.8 Å². The lowest BCUT2D eigenvalue weighted by atomic mass is 10.3.